The van der Waals surface area contributed by atoms with E-state index in [0.29, 0.717) is 18.5 Å². The number of phenolic OH excluding ortho intramolecular Hbond substituents is 1. The van der Waals surface area contributed by atoms with E-state index in [1.165, 1.54) is 19.3 Å². The van der Waals surface area contributed by atoms with Crippen molar-refractivity contribution in [2.75, 3.05) is 20.3 Å². The number of phenols is 1. The Morgan fingerprint density at radius 2 is 1.76 bits per heavy atom. The van der Waals surface area contributed by atoms with E-state index in [1.807, 2.05) is 26.0 Å². The van der Waals surface area contributed by atoms with Crippen molar-refractivity contribution in [1.82, 2.24) is 0 Å². The lowest BCUT2D eigenvalue weighted by Crippen LogP contribution is -2.15. The van der Waals surface area contributed by atoms with E-state index >= 15 is 0 Å². The molecule has 0 radical (unpaired) electrons. The Morgan fingerprint density at radius 1 is 1.08 bits per heavy atom. The Balaban J connectivity index is 0.00000277. The first-order valence-electron chi connectivity index (χ1n) is 9.88. The van der Waals surface area contributed by atoms with Crippen LogP contribution in [0.2, 0.25) is 0 Å². The maximum Gasteiger partial charge on any atom is 0.160 e. The summed E-state index contributed by atoms with van der Waals surface area (Å²) in [6, 6.07) is 5.47. The van der Waals surface area contributed by atoms with Crippen LogP contribution in [0.15, 0.2) is 18.2 Å². The molecule has 0 bridgehead atoms. The third-order valence-electron chi connectivity index (χ3n) is 4.10. The Bertz CT molecular complexity index is 414. The summed E-state index contributed by atoms with van der Waals surface area (Å²) in [6.07, 6.45) is 9.36. The summed E-state index contributed by atoms with van der Waals surface area (Å²) in [6.45, 7) is 7.69. The van der Waals surface area contributed by atoms with Gasteiger partial charge in [-0.3, -0.25) is 0 Å². The second-order valence-electron chi connectivity index (χ2n) is 6.03. The zero-order chi connectivity index (χ0) is 18.9. The zero-order valence-electron chi connectivity index (χ0n) is 16.7. The highest BCUT2D eigenvalue weighted by atomic mass is 16.5. The minimum Gasteiger partial charge on any atom is -0.504 e. The van der Waals surface area contributed by atoms with Crippen molar-refractivity contribution in [3.05, 3.63) is 23.8 Å². The van der Waals surface area contributed by atoms with Gasteiger partial charge in [0.1, 0.15) is 0 Å². The molecular formula is C21H39NO3. The maximum atomic E-state index is 9.62. The fraction of sp³-hybridized carbons (Fsp3) is 0.714. The van der Waals surface area contributed by atoms with Gasteiger partial charge in [-0.1, -0.05) is 46.1 Å². The molecule has 4 nitrogen and oxygen atoms in total. The van der Waals surface area contributed by atoms with Gasteiger partial charge in [-0.05, 0) is 56.3 Å². The Kier molecular flexibility index (Phi) is 15.4. The lowest BCUT2D eigenvalue weighted by atomic mass is 10.0. The zero-order valence-corrected chi connectivity index (χ0v) is 16.7. The van der Waals surface area contributed by atoms with E-state index in [4.69, 9.17) is 15.2 Å². The summed E-state index contributed by atoms with van der Waals surface area (Å²) < 4.78 is 11.2. The first kappa shape index (κ1) is 23.7. The van der Waals surface area contributed by atoms with Crippen molar-refractivity contribution in [1.29, 1.82) is 0 Å². The smallest absolute Gasteiger partial charge is 0.160 e. The predicted molar refractivity (Wildman–Crippen MR) is 106 cm³/mol. The second kappa shape index (κ2) is 16.2. The molecule has 146 valence electrons. The fourth-order valence-corrected chi connectivity index (χ4v) is 2.67. The summed E-state index contributed by atoms with van der Waals surface area (Å²) >= 11 is 0. The molecule has 0 heterocycles. The molecule has 0 aliphatic rings. The van der Waals surface area contributed by atoms with Gasteiger partial charge >= 0.3 is 0 Å². The van der Waals surface area contributed by atoms with Gasteiger partial charge in [0.25, 0.3) is 0 Å². The van der Waals surface area contributed by atoms with E-state index in [9.17, 15) is 5.11 Å². The van der Waals surface area contributed by atoms with Crippen LogP contribution in [-0.2, 0) is 11.2 Å². The van der Waals surface area contributed by atoms with E-state index in [2.05, 4.69) is 6.92 Å². The second-order valence-corrected chi connectivity index (χ2v) is 6.03. The van der Waals surface area contributed by atoms with Gasteiger partial charge in [0, 0.05) is 0 Å². The molecule has 0 spiro atoms. The monoisotopic (exact) mass is 353 g/mol. The van der Waals surface area contributed by atoms with Gasteiger partial charge < -0.3 is 20.3 Å². The molecule has 1 rings (SSSR count). The van der Waals surface area contributed by atoms with Crippen molar-refractivity contribution in [2.45, 2.75) is 78.2 Å². The molecule has 0 aliphatic heterocycles. The Morgan fingerprint density at radius 3 is 2.36 bits per heavy atom. The van der Waals surface area contributed by atoms with Gasteiger partial charge in [-0.25, -0.2) is 0 Å². The minimum atomic E-state index is 0.177. The fourth-order valence-electron chi connectivity index (χ4n) is 2.67. The summed E-state index contributed by atoms with van der Waals surface area (Å²) in [5, 5.41) is 9.62. The molecule has 1 unspecified atom stereocenters. The Hall–Kier alpha value is -1.26. The molecule has 1 atom stereocenters. The summed E-state index contributed by atoms with van der Waals surface area (Å²) in [5.41, 5.74) is 6.70. The van der Waals surface area contributed by atoms with Crippen molar-refractivity contribution in [3.63, 3.8) is 0 Å². The summed E-state index contributed by atoms with van der Waals surface area (Å²) in [5.74, 6) is 0.696. The van der Waals surface area contributed by atoms with Gasteiger partial charge in [0.2, 0.25) is 0 Å². The molecule has 0 saturated heterocycles. The number of unbranched alkanes of at least 4 members (excludes halogenated alkanes) is 3. The summed E-state index contributed by atoms with van der Waals surface area (Å²) in [7, 11) is 1.57. The normalized spacial score (nSPS) is 11.6. The van der Waals surface area contributed by atoms with Crippen LogP contribution in [0.3, 0.4) is 0 Å². The highest BCUT2D eigenvalue weighted by Gasteiger charge is 2.09. The van der Waals surface area contributed by atoms with Gasteiger partial charge in [0.05, 0.1) is 19.8 Å². The van der Waals surface area contributed by atoms with Crippen LogP contribution in [0.4, 0.5) is 0 Å². The first-order chi connectivity index (χ1) is 12.2. The number of ether oxygens (including phenoxy) is 2. The first-order valence-corrected chi connectivity index (χ1v) is 9.88. The van der Waals surface area contributed by atoms with Crippen LogP contribution in [0.1, 0.15) is 71.3 Å². The Labute approximate surface area is 154 Å². The van der Waals surface area contributed by atoms with Crippen LogP contribution < -0.4 is 10.5 Å². The molecule has 1 aromatic carbocycles. The van der Waals surface area contributed by atoms with E-state index in [1.54, 1.807) is 13.2 Å². The SMILES string of the molecule is CC.CCCCCC(CCCCN)OCCc1ccc(O)c(OC)c1. The van der Waals surface area contributed by atoms with Gasteiger partial charge in [-0.15, -0.1) is 0 Å². The average molecular weight is 354 g/mol. The number of aromatic hydroxyl groups is 1. The molecule has 4 heteroatoms. The largest absolute Gasteiger partial charge is 0.504 e. The highest BCUT2D eigenvalue weighted by Crippen LogP contribution is 2.26. The van der Waals surface area contributed by atoms with Gasteiger partial charge in [0.15, 0.2) is 11.5 Å². The quantitative estimate of drug-likeness (QED) is 0.486. The van der Waals surface area contributed by atoms with Crippen molar-refractivity contribution >= 4 is 0 Å². The number of methoxy groups -OCH3 is 1. The lowest BCUT2D eigenvalue weighted by molar-refractivity contribution is 0.0404. The third kappa shape index (κ3) is 11.1. The van der Waals surface area contributed by atoms with Crippen molar-refractivity contribution in [2.24, 2.45) is 5.73 Å². The highest BCUT2D eigenvalue weighted by molar-refractivity contribution is 5.41. The molecule has 3 N–H and O–H groups in total. The number of hydrogen-bond acceptors (Lipinski definition) is 4. The lowest BCUT2D eigenvalue weighted by Gasteiger charge is -2.18. The molecule has 0 saturated carbocycles. The maximum absolute atomic E-state index is 9.62. The number of hydrogen-bond donors (Lipinski definition) is 2. The van der Waals surface area contributed by atoms with Crippen LogP contribution in [0, 0.1) is 0 Å². The van der Waals surface area contributed by atoms with E-state index < -0.39 is 0 Å². The van der Waals surface area contributed by atoms with Crippen molar-refractivity contribution < 1.29 is 14.6 Å². The third-order valence-corrected chi connectivity index (χ3v) is 4.10. The number of rotatable bonds is 13. The van der Waals surface area contributed by atoms with Crippen LogP contribution in [0.25, 0.3) is 0 Å². The minimum absolute atomic E-state index is 0.177. The van der Waals surface area contributed by atoms with Gasteiger partial charge in [-0.2, -0.15) is 0 Å². The van der Waals surface area contributed by atoms with Crippen LogP contribution in [0.5, 0.6) is 11.5 Å². The molecule has 0 amide bonds. The van der Waals surface area contributed by atoms with Crippen molar-refractivity contribution in [3.8, 4) is 11.5 Å². The molecule has 25 heavy (non-hydrogen) atoms. The van der Waals surface area contributed by atoms with E-state index in [-0.39, 0.29) is 5.75 Å². The van der Waals surface area contributed by atoms with Crippen LogP contribution >= 0.6 is 0 Å². The summed E-state index contributed by atoms with van der Waals surface area (Å²) in [4.78, 5) is 0. The predicted octanol–water partition coefficient (Wildman–Crippen LogP) is 5.06. The molecular weight excluding hydrogens is 314 g/mol. The van der Waals surface area contributed by atoms with E-state index in [0.717, 1.165) is 44.2 Å². The molecule has 0 aromatic heterocycles. The van der Waals surface area contributed by atoms with Crippen LogP contribution in [-0.4, -0.2) is 31.5 Å². The molecule has 0 fully saturated rings. The number of nitrogens with two attached hydrogens (primary N) is 1. The number of benzene rings is 1. The topological polar surface area (TPSA) is 64.7 Å². The standard InChI is InChI=1S/C19H33NO3.C2H6/c1-3-4-5-8-17(9-6-7-13-20)23-14-12-16-10-11-18(21)19(15-16)22-2;1-2/h10-11,15,17,21H,3-9,12-14,20H2,1-2H3;1-2H3. The average Bonchev–Trinajstić information content (AvgIpc) is 2.64. The molecule has 1 aromatic rings. The molecule has 0 aliphatic carbocycles.